The van der Waals surface area contributed by atoms with Gasteiger partial charge in [0.2, 0.25) is 0 Å². The summed E-state index contributed by atoms with van der Waals surface area (Å²) >= 11 is 0. The van der Waals surface area contributed by atoms with Gasteiger partial charge in [0.05, 0.1) is 12.4 Å². The smallest absolute Gasteiger partial charge is 0.284 e. The molecule has 1 aliphatic carbocycles. The minimum atomic E-state index is 0.665. The van der Waals surface area contributed by atoms with E-state index in [1.54, 1.807) is 0 Å². The van der Waals surface area contributed by atoms with Gasteiger partial charge in [0.1, 0.15) is 6.54 Å². The molecular weight excluding hydrogens is 300 g/mol. The fourth-order valence-electron chi connectivity index (χ4n) is 3.09. The average molecular weight is 318 g/mol. The third-order valence-corrected chi connectivity index (χ3v) is 4.53. The van der Waals surface area contributed by atoms with Gasteiger partial charge in [-0.3, -0.25) is 10.4 Å². The number of para-hydroxylation sites is 1. The zero-order chi connectivity index (χ0) is 15.9. The Kier molecular flexibility index (Phi) is 3.02. The van der Waals surface area contributed by atoms with Crippen LogP contribution in [0.1, 0.15) is 24.5 Å². The second-order valence-corrected chi connectivity index (χ2v) is 6.30. The Labute approximate surface area is 140 Å². The van der Waals surface area contributed by atoms with Crippen molar-refractivity contribution in [2.75, 3.05) is 16.8 Å². The largest absolute Gasteiger partial charge is 0.329 e. The Bertz CT molecular complexity index is 843. The molecule has 0 bridgehead atoms. The Morgan fingerprint density at radius 2 is 2.08 bits per heavy atom. The summed E-state index contributed by atoms with van der Waals surface area (Å²) in [4.78, 5) is 8.75. The number of hydrogen-bond acceptors (Lipinski definition) is 5. The number of anilines is 2. The van der Waals surface area contributed by atoms with Gasteiger partial charge in [-0.2, -0.15) is 10.1 Å². The normalized spacial score (nSPS) is 19.9. The van der Waals surface area contributed by atoms with E-state index in [-0.39, 0.29) is 0 Å². The minimum Gasteiger partial charge on any atom is -0.329 e. The van der Waals surface area contributed by atoms with Gasteiger partial charge in [-0.05, 0) is 29.9 Å². The molecule has 2 N–H and O–H groups in total. The van der Waals surface area contributed by atoms with E-state index >= 15 is 0 Å². The first-order chi connectivity index (χ1) is 11.9. The fraction of sp³-hybridized carbons (Fsp3) is 0.222. The topological polar surface area (TPSA) is 62.2 Å². The van der Waals surface area contributed by atoms with Crippen LogP contribution < -0.4 is 15.1 Å². The summed E-state index contributed by atoms with van der Waals surface area (Å²) in [6.07, 6.45) is 8.44. The van der Waals surface area contributed by atoms with E-state index in [9.17, 15) is 0 Å². The number of nitrogens with one attached hydrogen (secondary N) is 2. The van der Waals surface area contributed by atoms with Crippen LogP contribution in [0.4, 0.5) is 11.5 Å². The van der Waals surface area contributed by atoms with Gasteiger partial charge in [-0.1, -0.05) is 18.2 Å². The Morgan fingerprint density at radius 3 is 2.92 bits per heavy atom. The predicted octanol–water partition coefficient (Wildman–Crippen LogP) is 3.04. The molecule has 1 saturated carbocycles. The summed E-state index contributed by atoms with van der Waals surface area (Å²) < 4.78 is 0. The van der Waals surface area contributed by atoms with Crippen LogP contribution in [-0.4, -0.2) is 22.6 Å². The Hall–Kier alpha value is -2.86. The monoisotopic (exact) mass is 318 g/mol. The molecule has 24 heavy (non-hydrogen) atoms. The number of nitrogens with zero attached hydrogens (tertiary/aromatic N) is 4. The zero-order valence-electron chi connectivity index (χ0n) is 13.2. The third kappa shape index (κ3) is 2.41. The van der Waals surface area contributed by atoms with Crippen molar-refractivity contribution in [3.05, 3.63) is 66.5 Å². The van der Waals surface area contributed by atoms with Crippen molar-refractivity contribution in [2.24, 2.45) is 4.99 Å². The van der Waals surface area contributed by atoms with E-state index in [4.69, 9.17) is 0 Å². The van der Waals surface area contributed by atoms with Gasteiger partial charge in [0.15, 0.2) is 12.0 Å². The van der Waals surface area contributed by atoms with Crippen LogP contribution in [0.5, 0.6) is 0 Å². The second kappa shape index (κ2) is 5.35. The second-order valence-electron chi connectivity index (χ2n) is 6.30. The summed E-state index contributed by atoms with van der Waals surface area (Å²) in [5.74, 6) is 3.46. The summed E-state index contributed by atoms with van der Waals surface area (Å²) in [6, 6.07) is 12.4. The molecule has 2 aliphatic heterocycles. The molecule has 3 aliphatic rings. The predicted molar refractivity (Wildman–Crippen MR) is 94.8 cm³/mol. The van der Waals surface area contributed by atoms with Gasteiger partial charge in [-0.15, -0.1) is 0 Å². The lowest BCUT2D eigenvalue weighted by molar-refractivity contribution is 0.814. The van der Waals surface area contributed by atoms with Crippen LogP contribution in [-0.2, 0) is 0 Å². The molecular formula is C18H18N6+. The first-order valence-electron chi connectivity index (χ1n) is 8.25. The average Bonchev–Trinajstić information content (AvgIpc) is 3.17. The van der Waals surface area contributed by atoms with Crippen LogP contribution in [0.25, 0.3) is 0 Å². The summed E-state index contributed by atoms with van der Waals surface area (Å²) in [5, 5.41) is 11.0. The van der Waals surface area contributed by atoms with Crippen LogP contribution in [0.2, 0.25) is 0 Å². The SMILES string of the molecule is C1=C[N+]2C(Nc3cc(C4CC4)[nH]n3)=CN(c3ccccc3)CC2=N1. The molecule has 0 amide bonds. The molecule has 1 aromatic carbocycles. The number of amidine groups is 1. The molecule has 1 aromatic heterocycles. The maximum atomic E-state index is 4.48. The van der Waals surface area contributed by atoms with Crippen molar-refractivity contribution in [2.45, 2.75) is 18.8 Å². The van der Waals surface area contributed by atoms with E-state index in [0.29, 0.717) is 5.92 Å². The van der Waals surface area contributed by atoms with E-state index in [1.165, 1.54) is 18.5 Å². The molecule has 6 nitrogen and oxygen atoms in total. The minimum absolute atomic E-state index is 0.665. The fourth-order valence-corrected chi connectivity index (χ4v) is 3.09. The maximum absolute atomic E-state index is 4.48. The number of aromatic amines is 1. The molecule has 3 heterocycles. The van der Waals surface area contributed by atoms with Crippen LogP contribution in [0, 0.1) is 0 Å². The highest BCUT2D eigenvalue weighted by Gasteiger charge is 2.37. The number of aliphatic imine (C=N–C) groups is 1. The number of aromatic nitrogens is 2. The van der Waals surface area contributed by atoms with Crippen molar-refractivity contribution >= 4 is 17.3 Å². The quantitative estimate of drug-likeness (QED) is 0.852. The van der Waals surface area contributed by atoms with E-state index < -0.39 is 0 Å². The third-order valence-electron chi connectivity index (χ3n) is 4.53. The number of rotatable bonds is 4. The highest BCUT2D eigenvalue weighted by molar-refractivity contribution is 5.95. The first kappa shape index (κ1) is 13.6. The molecule has 6 heteroatoms. The Balaban J connectivity index is 1.45. The molecule has 0 unspecified atom stereocenters. The van der Waals surface area contributed by atoms with Gasteiger partial charge in [0, 0.05) is 23.4 Å². The lowest BCUT2D eigenvalue weighted by Gasteiger charge is -2.25. The van der Waals surface area contributed by atoms with Crippen molar-refractivity contribution in [1.29, 1.82) is 0 Å². The lowest BCUT2D eigenvalue weighted by atomic mass is 10.2. The lowest BCUT2D eigenvalue weighted by Crippen LogP contribution is -2.45. The van der Waals surface area contributed by atoms with Crippen LogP contribution in [0.15, 0.2) is 65.8 Å². The van der Waals surface area contributed by atoms with E-state index in [0.717, 1.165) is 29.7 Å². The number of fused-ring (bicyclic) bond motifs is 1. The molecule has 0 spiro atoms. The zero-order valence-corrected chi connectivity index (χ0v) is 13.2. The summed E-state index contributed by atoms with van der Waals surface area (Å²) in [7, 11) is 0. The number of benzene rings is 1. The summed E-state index contributed by atoms with van der Waals surface area (Å²) in [5.41, 5.74) is 2.37. The number of hydrogen-bond donors (Lipinski definition) is 2. The van der Waals surface area contributed by atoms with Gasteiger partial charge >= 0.3 is 0 Å². The maximum Gasteiger partial charge on any atom is 0.284 e. The van der Waals surface area contributed by atoms with Crippen molar-refractivity contribution in [3.8, 4) is 0 Å². The molecule has 1 fully saturated rings. The molecule has 5 rings (SSSR count). The number of H-pyrrole nitrogens is 1. The molecule has 0 atom stereocenters. The molecule has 0 saturated heterocycles. The molecule has 119 valence electrons. The van der Waals surface area contributed by atoms with Crippen LogP contribution in [0.3, 0.4) is 0 Å². The standard InChI is InChI=1S/C18H18N6/c1-2-4-14(5-3-1)23-11-17-19-8-9-24(17)18(12-23)20-16-10-15(21-22-16)13-6-7-13/h1-5,8-10,12-13H,6-7,11H2,(H2,20,21,22)/q+1. The van der Waals surface area contributed by atoms with Gasteiger partial charge in [0.25, 0.3) is 11.7 Å². The van der Waals surface area contributed by atoms with E-state index in [2.05, 4.69) is 54.7 Å². The van der Waals surface area contributed by atoms with E-state index in [1.807, 2.05) is 30.6 Å². The van der Waals surface area contributed by atoms with Crippen molar-refractivity contribution in [1.82, 2.24) is 15.1 Å². The Morgan fingerprint density at radius 1 is 1.21 bits per heavy atom. The highest BCUT2D eigenvalue weighted by atomic mass is 15.4. The molecule has 1 radical (unpaired) electrons. The highest BCUT2D eigenvalue weighted by Crippen LogP contribution is 2.39. The summed E-state index contributed by atoms with van der Waals surface area (Å²) in [6.45, 7) is 0.746. The van der Waals surface area contributed by atoms with Gasteiger partial charge < -0.3 is 4.90 Å². The van der Waals surface area contributed by atoms with Gasteiger partial charge in [-0.25, -0.2) is 0 Å². The van der Waals surface area contributed by atoms with Crippen molar-refractivity contribution < 1.29 is 0 Å². The van der Waals surface area contributed by atoms with Crippen molar-refractivity contribution in [3.63, 3.8) is 0 Å². The first-order valence-corrected chi connectivity index (χ1v) is 8.25. The van der Waals surface area contributed by atoms with Crippen LogP contribution >= 0.6 is 0 Å². The molecule has 2 aromatic rings.